The molecule has 4 nitrogen and oxygen atoms in total. The van der Waals surface area contributed by atoms with Crippen LogP contribution in [0.1, 0.15) is 23.2 Å². The third-order valence-electron chi connectivity index (χ3n) is 3.15. The van der Waals surface area contributed by atoms with Crippen molar-refractivity contribution in [2.24, 2.45) is 5.92 Å². The van der Waals surface area contributed by atoms with Gasteiger partial charge in [-0.1, -0.05) is 11.6 Å². The van der Waals surface area contributed by atoms with Crippen LogP contribution in [-0.4, -0.2) is 25.7 Å². The molecule has 1 aromatic rings. The number of nitrogens with one attached hydrogen (secondary N) is 1. The maximum atomic E-state index is 12.0. The summed E-state index contributed by atoms with van der Waals surface area (Å²) < 4.78 is 5.28. The zero-order chi connectivity index (χ0) is 13.0. The Morgan fingerprint density at radius 1 is 1.44 bits per heavy atom. The van der Waals surface area contributed by atoms with Gasteiger partial charge in [0.2, 0.25) is 0 Å². The Hall–Kier alpha value is -1.26. The zero-order valence-electron chi connectivity index (χ0n) is 10.1. The van der Waals surface area contributed by atoms with Crippen molar-refractivity contribution >= 4 is 23.2 Å². The van der Waals surface area contributed by atoms with E-state index in [1.54, 1.807) is 18.2 Å². The highest BCUT2D eigenvalue weighted by Gasteiger charge is 2.16. The number of nitrogen functional groups attached to an aromatic ring is 1. The summed E-state index contributed by atoms with van der Waals surface area (Å²) >= 11 is 5.86. The quantitative estimate of drug-likeness (QED) is 0.825. The number of carbonyl (C=O) groups is 1. The van der Waals surface area contributed by atoms with Crippen LogP contribution in [0.15, 0.2) is 18.2 Å². The lowest BCUT2D eigenvalue weighted by atomic mass is 10.0. The Morgan fingerprint density at radius 2 is 2.17 bits per heavy atom. The fraction of sp³-hybridized carbons (Fsp3) is 0.462. The van der Waals surface area contributed by atoms with Crippen molar-refractivity contribution in [3.63, 3.8) is 0 Å². The number of benzene rings is 1. The van der Waals surface area contributed by atoms with Crippen molar-refractivity contribution in [3.8, 4) is 0 Å². The van der Waals surface area contributed by atoms with E-state index >= 15 is 0 Å². The normalized spacial score (nSPS) is 16.5. The van der Waals surface area contributed by atoms with Gasteiger partial charge in [0.1, 0.15) is 0 Å². The van der Waals surface area contributed by atoms with Crippen LogP contribution < -0.4 is 11.1 Å². The Bertz CT molecular complexity index is 431. The molecule has 2 rings (SSSR count). The van der Waals surface area contributed by atoms with Gasteiger partial charge in [-0.2, -0.15) is 0 Å². The molecular formula is C13H17ClN2O2. The number of ether oxygens (including phenoxy) is 1. The second kappa shape index (κ2) is 6.07. The van der Waals surface area contributed by atoms with Crippen molar-refractivity contribution in [1.82, 2.24) is 5.32 Å². The molecule has 0 unspecified atom stereocenters. The van der Waals surface area contributed by atoms with Gasteiger partial charge in [-0.05, 0) is 37.0 Å². The largest absolute Gasteiger partial charge is 0.398 e. The van der Waals surface area contributed by atoms with Gasteiger partial charge in [-0.25, -0.2) is 0 Å². The number of hydrogen-bond acceptors (Lipinski definition) is 3. The third-order valence-corrected chi connectivity index (χ3v) is 3.39. The van der Waals surface area contributed by atoms with Crippen LogP contribution in [0.2, 0.25) is 5.02 Å². The van der Waals surface area contributed by atoms with E-state index in [4.69, 9.17) is 22.1 Å². The fourth-order valence-electron chi connectivity index (χ4n) is 2.01. The number of amides is 1. The number of halogens is 1. The van der Waals surface area contributed by atoms with Crippen LogP contribution in [0, 0.1) is 5.92 Å². The molecule has 0 spiro atoms. The summed E-state index contributed by atoms with van der Waals surface area (Å²) in [4.78, 5) is 12.0. The molecule has 0 aliphatic carbocycles. The van der Waals surface area contributed by atoms with E-state index in [9.17, 15) is 4.79 Å². The summed E-state index contributed by atoms with van der Waals surface area (Å²) in [6, 6.07) is 4.91. The SMILES string of the molecule is Nc1ccc(Cl)cc1C(=O)NCC1CCOCC1. The van der Waals surface area contributed by atoms with Crippen LogP contribution in [0.4, 0.5) is 5.69 Å². The lowest BCUT2D eigenvalue weighted by Crippen LogP contribution is -2.32. The highest BCUT2D eigenvalue weighted by Crippen LogP contribution is 2.18. The second-order valence-electron chi connectivity index (χ2n) is 4.50. The van der Waals surface area contributed by atoms with E-state index in [0.717, 1.165) is 26.1 Å². The molecule has 1 heterocycles. The number of anilines is 1. The average molecular weight is 269 g/mol. The first-order valence-corrected chi connectivity index (χ1v) is 6.45. The molecule has 1 aliphatic heterocycles. The molecule has 3 N–H and O–H groups in total. The summed E-state index contributed by atoms with van der Waals surface area (Å²) in [6.45, 7) is 2.22. The average Bonchev–Trinajstić information content (AvgIpc) is 2.40. The topological polar surface area (TPSA) is 64.4 Å². The monoisotopic (exact) mass is 268 g/mol. The van der Waals surface area contributed by atoms with E-state index in [0.29, 0.717) is 28.7 Å². The summed E-state index contributed by atoms with van der Waals surface area (Å²) in [5, 5.41) is 3.42. The van der Waals surface area contributed by atoms with Crippen LogP contribution in [0.5, 0.6) is 0 Å². The van der Waals surface area contributed by atoms with Crippen molar-refractivity contribution in [1.29, 1.82) is 0 Å². The molecule has 0 saturated carbocycles. The van der Waals surface area contributed by atoms with Gasteiger partial charge in [-0.15, -0.1) is 0 Å². The van der Waals surface area contributed by atoms with Crippen LogP contribution >= 0.6 is 11.6 Å². The first-order valence-electron chi connectivity index (χ1n) is 6.08. The first-order chi connectivity index (χ1) is 8.66. The Labute approximate surface area is 111 Å². The summed E-state index contributed by atoms with van der Waals surface area (Å²) in [6.07, 6.45) is 1.98. The highest BCUT2D eigenvalue weighted by molar-refractivity contribution is 6.31. The van der Waals surface area contributed by atoms with E-state index in [2.05, 4.69) is 5.32 Å². The van der Waals surface area contributed by atoms with Crippen molar-refractivity contribution < 1.29 is 9.53 Å². The van der Waals surface area contributed by atoms with Gasteiger partial charge >= 0.3 is 0 Å². The first kappa shape index (κ1) is 13.2. The summed E-state index contributed by atoms with van der Waals surface area (Å²) in [7, 11) is 0. The van der Waals surface area contributed by atoms with Crippen LogP contribution in [0.3, 0.4) is 0 Å². The standard InChI is InChI=1S/C13H17ClN2O2/c14-10-1-2-12(15)11(7-10)13(17)16-8-9-3-5-18-6-4-9/h1-2,7,9H,3-6,8,15H2,(H,16,17). The molecule has 1 amide bonds. The number of nitrogens with two attached hydrogens (primary N) is 1. The van der Waals surface area contributed by atoms with E-state index < -0.39 is 0 Å². The Balaban J connectivity index is 1.92. The second-order valence-corrected chi connectivity index (χ2v) is 4.93. The molecule has 0 radical (unpaired) electrons. The lowest BCUT2D eigenvalue weighted by molar-refractivity contribution is 0.0643. The minimum absolute atomic E-state index is 0.165. The number of carbonyl (C=O) groups excluding carboxylic acids is 1. The summed E-state index contributed by atoms with van der Waals surface area (Å²) in [5.74, 6) is 0.324. The fourth-order valence-corrected chi connectivity index (χ4v) is 2.18. The van der Waals surface area contributed by atoms with Crippen molar-refractivity contribution in [3.05, 3.63) is 28.8 Å². The minimum Gasteiger partial charge on any atom is -0.398 e. The third kappa shape index (κ3) is 3.37. The molecule has 1 fully saturated rings. The van der Waals surface area contributed by atoms with E-state index in [-0.39, 0.29) is 5.91 Å². The molecular weight excluding hydrogens is 252 g/mol. The molecule has 1 aromatic carbocycles. The van der Waals surface area contributed by atoms with E-state index in [1.165, 1.54) is 0 Å². The van der Waals surface area contributed by atoms with Crippen LogP contribution in [0.25, 0.3) is 0 Å². The predicted molar refractivity (Wildman–Crippen MR) is 71.7 cm³/mol. The minimum atomic E-state index is -0.165. The van der Waals surface area contributed by atoms with Gasteiger partial charge in [-0.3, -0.25) is 4.79 Å². The van der Waals surface area contributed by atoms with Gasteiger partial charge in [0.15, 0.2) is 0 Å². The molecule has 5 heteroatoms. The van der Waals surface area contributed by atoms with Gasteiger partial charge in [0, 0.05) is 30.5 Å². The molecule has 1 aliphatic rings. The van der Waals surface area contributed by atoms with Crippen molar-refractivity contribution in [2.75, 3.05) is 25.5 Å². The summed E-state index contributed by atoms with van der Waals surface area (Å²) in [5.41, 5.74) is 6.65. The molecule has 1 saturated heterocycles. The van der Waals surface area contributed by atoms with Gasteiger partial charge in [0.25, 0.3) is 5.91 Å². The Morgan fingerprint density at radius 3 is 2.89 bits per heavy atom. The Kier molecular flexibility index (Phi) is 4.44. The number of hydrogen-bond donors (Lipinski definition) is 2. The van der Waals surface area contributed by atoms with Gasteiger partial charge in [0.05, 0.1) is 5.56 Å². The maximum Gasteiger partial charge on any atom is 0.253 e. The molecule has 0 aromatic heterocycles. The lowest BCUT2D eigenvalue weighted by Gasteiger charge is -2.22. The molecule has 0 atom stereocenters. The predicted octanol–water partition coefficient (Wildman–Crippen LogP) is 2.08. The van der Waals surface area contributed by atoms with Gasteiger partial charge < -0.3 is 15.8 Å². The van der Waals surface area contributed by atoms with Crippen molar-refractivity contribution in [2.45, 2.75) is 12.8 Å². The zero-order valence-corrected chi connectivity index (χ0v) is 10.9. The highest BCUT2D eigenvalue weighted by atomic mass is 35.5. The smallest absolute Gasteiger partial charge is 0.253 e. The molecule has 18 heavy (non-hydrogen) atoms. The van der Waals surface area contributed by atoms with Crippen LogP contribution in [-0.2, 0) is 4.74 Å². The number of rotatable bonds is 3. The van der Waals surface area contributed by atoms with E-state index in [1.807, 2.05) is 0 Å². The molecule has 0 bridgehead atoms. The maximum absolute atomic E-state index is 12.0. The molecule has 98 valence electrons.